The minimum atomic E-state index is -1.06. The summed E-state index contributed by atoms with van der Waals surface area (Å²) in [5.41, 5.74) is 2.10. The number of aliphatic carboxylic acids is 1. The van der Waals surface area contributed by atoms with Crippen LogP contribution in [-0.2, 0) is 17.6 Å². The molecule has 1 heterocycles. The van der Waals surface area contributed by atoms with Gasteiger partial charge in [-0.05, 0) is 37.8 Å². The number of unbranched alkanes of at least 4 members (excludes halogenated alkanes) is 1. The molecule has 1 aliphatic carbocycles. The van der Waals surface area contributed by atoms with E-state index in [0.29, 0.717) is 31.4 Å². The van der Waals surface area contributed by atoms with E-state index in [0.717, 1.165) is 24.1 Å². The van der Waals surface area contributed by atoms with Gasteiger partial charge in [-0.25, -0.2) is 13.9 Å². The number of hydrogen-bond donors (Lipinski definition) is 2. The molecule has 1 atom stereocenters. The van der Waals surface area contributed by atoms with E-state index in [1.165, 1.54) is 10.7 Å². The number of carbonyl (C=O) groups is 2. The third-order valence-electron chi connectivity index (χ3n) is 4.68. The van der Waals surface area contributed by atoms with E-state index >= 15 is 0 Å². The van der Waals surface area contributed by atoms with Crippen molar-refractivity contribution in [2.45, 2.75) is 51.5 Å². The first-order valence-electron chi connectivity index (χ1n) is 8.92. The van der Waals surface area contributed by atoms with Crippen molar-refractivity contribution in [1.29, 1.82) is 0 Å². The van der Waals surface area contributed by atoms with Gasteiger partial charge in [0, 0.05) is 11.3 Å². The highest BCUT2D eigenvalue weighted by Gasteiger charge is 2.29. The molecule has 6 nitrogen and oxygen atoms in total. The molecule has 0 bridgehead atoms. The number of aromatic nitrogens is 2. The number of fused-ring (bicyclic) bond motifs is 1. The number of para-hydroxylation sites is 1. The van der Waals surface area contributed by atoms with Crippen LogP contribution in [0.3, 0.4) is 0 Å². The molecule has 0 saturated heterocycles. The number of benzene rings is 1. The van der Waals surface area contributed by atoms with Gasteiger partial charge in [0.05, 0.1) is 0 Å². The maximum atomic E-state index is 14.2. The van der Waals surface area contributed by atoms with Crippen LogP contribution in [0.2, 0.25) is 0 Å². The molecule has 3 rings (SSSR count). The van der Waals surface area contributed by atoms with Gasteiger partial charge in [0.15, 0.2) is 5.69 Å². The molecule has 1 aliphatic rings. The molecule has 0 radical (unpaired) electrons. The predicted molar refractivity (Wildman–Crippen MR) is 94.0 cm³/mol. The van der Waals surface area contributed by atoms with E-state index in [-0.39, 0.29) is 5.69 Å². The van der Waals surface area contributed by atoms with Gasteiger partial charge in [-0.3, -0.25) is 4.79 Å². The van der Waals surface area contributed by atoms with E-state index in [2.05, 4.69) is 10.4 Å². The Morgan fingerprint density at radius 2 is 2.12 bits per heavy atom. The second-order valence-electron chi connectivity index (χ2n) is 6.50. The number of nitrogens with one attached hydrogen (secondary N) is 1. The maximum absolute atomic E-state index is 14.2. The molecule has 138 valence electrons. The largest absolute Gasteiger partial charge is 0.480 e. The van der Waals surface area contributed by atoms with Gasteiger partial charge in [0.25, 0.3) is 5.91 Å². The number of halogens is 1. The first kappa shape index (κ1) is 18.1. The van der Waals surface area contributed by atoms with Crippen molar-refractivity contribution in [1.82, 2.24) is 15.1 Å². The van der Waals surface area contributed by atoms with Crippen molar-refractivity contribution in [2.75, 3.05) is 0 Å². The Hall–Kier alpha value is -2.70. The zero-order valence-corrected chi connectivity index (χ0v) is 14.7. The molecule has 0 aliphatic heterocycles. The fourth-order valence-corrected chi connectivity index (χ4v) is 3.33. The van der Waals surface area contributed by atoms with Crippen molar-refractivity contribution in [2.24, 2.45) is 0 Å². The summed E-state index contributed by atoms with van der Waals surface area (Å²) >= 11 is 0. The normalized spacial score (nSPS) is 14.1. The fourth-order valence-electron chi connectivity index (χ4n) is 3.33. The van der Waals surface area contributed by atoms with Crippen molar-refractivity contribution >= 4 is 11.9 Å². The lowest BCUT2D eigenvalue weighted by molar-refractivity contribution is -0.139. The smallest absolute Gasteiger partial charge is 0.326 e. The highest BCUT2D eigenvalue weighted by atomic mass is 19.1. The number of amides is 1. The van der Waals surface area contributed by atoms with Crippen molar-refractivity contribution in [3.63, 3.8) is 0 Å². The number of carboxylic acid groups (broad SMARTS) is 1. The summed E-state index contributed by atoms with van der Waals surface area (Å²) in [6.45, 7) is 1.96. The molecular formula is C19H22FN3O3. The van der Waals surface area contributed by atoms with Crippen LogP contribution in [0, 0.1) is 5.82 Å². The van der Waals surface area contributed by atoms with Crippen LogP contribution in [0.25, 0.3) is 5.69 Å². The van der Waals surface area contributed by atoms with Crippen LogP contribution in [-0.4, -0.2) is 32.8 Å². The highest BCUT2D eigenvalue weighted by Crippen LogP contribution is 2.28. The average Bonchev–Trinajstić information content (AvgIpc) is 3.21. The van der Waals surface area contributed by atoms with Gasteiger partial charge in [-0.15, -0.1) is 0 Å². The zero-order chi connectivity index (χ0) is 18.7. The Bertz CT molecular complexity index is 831. The van der Waals surface area contributed by atoms with Gasteiger partial charge in [-0.1, -0.05) is 31.9 Å². The summed E-state index contributed by atoms with van der Waals surface area (Å²) in [5, 5.41) is 16.2. The lowest BCUT2D eigenvalue weighted by Crippen LogP contribution is -2.41. The third kappa shape index (κ3) is 3.47. The fraction of sp³-hybridized carbons (Fsp3) is 0.421. The topological polar surface area (TPSA) is 84.2 Å². The van der Waals surface area contributed by atoms with E-state index in [1.807, 2.05) is 6.92 Å². The van der Waals surface area contributed by atoms with Crippen molar-refractivity contribution in [3.05, 3.63) is 47.0 Å². The summed E-state index contributed by atoms with van der Waals surface area (Å²) in [6.07, 6.45) is 4.17. The number of rotatable bonds is 7. The first-order chi connectivity index (χ1) is 12.5. The summed E-state index contributed by atoms with van der Waals surface area (Å²) < 4.78 is 15.7. The molecule has 2 N–H and O–H groups in total. The molecule has 7 heteroatoms. The third-order valence-corrected chi connectivity index (χ3v) is 4.68. The molecule has 1 unspecified atom stereocenters. The van der Waals surface area contributed by atoms with Gasteiger partial charge < -0.3 is 10.4 Å². The van der Waals surface area contributed by atoms with Gasteiger partial charge in [0.2, 0.25) is 0 Å². The standard InChI is InChI=1S/C19H22FN3O3/c1-2-3-9-14(19(25)26)21-18(24)17-12-7-6-11-15(12)23(22-17)16-10-5-4-8-13(16)20/h4-5,8,10,14H,2-3,6-7,9,11H2,1H3,(H,21,24)(H,25,26). The van der Waals surface area contributed by atoms with Crippen LogP contribution < -0.4 is 5.32 Å². The summed E-state index contributed by atoms with van der Waals surface area (Å²) in [7, 11) is 0. The molecule has 0 fully saturated rings. The zero-order valence-electron chi connectivity index (χ0n) is 14.7. The number of hydrogen-bond acceptors (Lipinski definition) is 3. The van der Waals surface area contributed by atoms with Crippen LogP contribution in [0.1, 0.15) is 54.4 Å². The highest BCUT2D eigenvalue weighted by molar-refractivity contribution is 5.96. The van der Waals surface area contributed by atoms with Crippen molar-refractivity contribution in [3.8, 4) is 5.69 Å². The molecule has 1 aromatic heterocycles. The Morgan fingerprint density at radius 3 is 2.81 bits per heavy atom. The van der Waals surface area contributed by atoms with E-state index < -0.39 is 23.7 Å². The quantitative estimate of drug-likeness (QED) is 0.796. The monoisotopic (exact) mass is 359 g/mol. The molecule has 1 amide bonds. The minimum Gasteiger partial charge on any atom is -0.480 e. The summed E-state index contributed by atoms with van der Waals surface area (Å²) in [4.78, 5) is 24.1. The summed E-state index contributed by atoms with van der Waals surface area (Å²) in [6, 6.07) is 5.33. The second-order valence-corrected chi connectivity index (χ2v) is 6.50. The molecule has 0 saturated carbocycles. The molecule has 2 aromatic rings. The van der Waals surface area contributed by atoms with E-state index in [1.54, 1.807) is 18.2 Å². The molecular weight excluding hydrogens is 337 g/mol. The van der Waals surface area contributed by atoms with Crippen molar-refractivity contribution < 1.29 is 19.1 Å². The van der Waals surface area contributed by atoms with E-state index in [4.69, 9.17) is 0 Å². The Labute approximate surface area is 151 Å². The van der Waals surface area contributed by atoms with Gasteiger partial charge >= 0.3 is 5.97 Å². The predicted octanol–water partition coefficient (Wildman–Crippen LogP) is 2.87. The van der Waals surface area contributed by atoms with Gasteiger partial charge in [0.1, 0.15) is 17.5 Å². The molecule has 1 aromatic carbocycles. The summed E-state index contributed by atoms with van der Waals surface area (Å²) in [5.74, 6) is -1.98. The SMILES string of the molecule is CCCCC(NC(=O)c1nn(-c2ccccc2F)c2c1CCC2)C(=O)O. The number of carbonyl (C=O) groups excluding carboxylic acids is 1. The average molecular weight is 359 g/mol. The number of carboxylic acids is 1. The van der Waals surface area contributed by atoms with Gasteiger partial charge in [-0.2, -0.15) is 5.10 Å². The van der Waals surface area contributed by atoms with Crippen LogP contribution in [0.15, 0.2) is 24.3 Å². The Balaban J connectivity index is 1.91. The lowest BCUT2D eigenvalue weighted by Gasteiger charge is -2.13. The lowest BCUT2D eigenvalue weighted by atomic mass is 10.1. The first-order valence-corrected chi connectivity index (χ1v) is 8.92. The minimum absolute atomic E-state index is 0.198. The maximum Gasteiger partial charge on any atom is 0.326 e. The molecule has 26 heavy (non-hydrogen) atoms. The Kier molecular flexibility index (Phi) is 5.35. The Morgan fingerprint density at radius 1 is 1.35 bits per heavy atom. The second kappa shape index (κ2) is 7.68. The van der Waals surface area contributed by atoms with Crippen LogP contribution in [0.5, 0.6) is 0 Å². The molecule has 0 spiro atoms. The van der Waals surface area contributed by atoms with Crippen LogP contribution in [0.4, 0.5) is 4.39 Å². The van der Waals surface area contributed by atoms with E-state index in [9.17, 15) is 19.1 Å². The number of nitrogens with zero attached hydrogens (tertiary/aromatic N) is 2. The van der Waals surface area contributed by atoms with Crippen LogP contribution >= 0.6 is 0 Å².